The Morgan fingerprint density at radius 2 is 2.62 bits per heavy atom. The normalized spacial score (nSPS) is 18.4. The molecule has 0 heteroatoms. The summed E-state index contributed by atoms with van der Waals surface area (Å²) >= 11 is 0. The Hall–Kier alpha value is -0.480. The Kier molecular flexibility index (Phi) is 1.93. The van der Waals surface area contributed by atoms with Gasteiger partial charge in [0.05, 0.1) is 0 Å². The summed E-state index contributed by atoms with van der Waals surface area (Å²) in [6.45, 7) is 2.20. The van der Waals surface area contributed by atoms with Crippen LogP contribution in [0.2, 0.25) is 0 Å². The summed E-state index contributed by atoms with van der Waals surface area (Å²) in [5.74, 6) is 0. The van der Waals surface area contributed by atoms with Crippen LogP contribution in [0.4, 0.5) is 0 Å². The average Bonchev–Trinajstić information content (AvgIpc) is 1.90. The zero-order valence-corrected chi connectivity index (χ0v) is 5.41. The molecule has 0 nitrogen and oxygen atoms in total. The number of hydrogen-bond acceptors (Lipinski definition) is 0. The van der Waals surface area contributed by atoms with Crippen LogP contribution in [-0.2, 0) is 0 Å². The Bertz CT molecular complexity index is 125. The molecule has 0 aromatic rings. The number of hydrogen-bond donors (Lipinski definition) is 0. The van der Waals surface area contributed by atoms with Crippen LogP contribution in [0.15, 0.2) is 17.4 Å². The molecule has 0 amide bonds. The lowest BCUT2D eigenvalue weighted by Crippen LogP contribution is -1.83. The molecule has 44 valence electrons. The second kappa shape index (κ2) is 2.74. The molecular formula is C8H12. The van der Waals surface area contributed by atoms with Gasteiger partial charge in [0, 0.05) is 0 Å². The molecule has 0 bridgehead atoms. The van der Waals surface area contributed by atoms with Crippen LogP contribution in [-0.4, -0.2) is 0 Å². The van der Waals surface area contributed by atoms with Gasteiger partial charge in [-0.25, -0.2) is 0 Å². The molecule has 1 aliphatic carbocycles. The van der Waals surface area contributed by atoms with E-state index in [1.165, 1.54) is 31.3 Å². The minimum absolute atomic E-state index is 1.19. The van der Waals surface area contributed by atoms with Gasteiger partial charge < -0.3 is 0 Å². The Morgan fingerprint density at radius 1 is 1.75 bits per heavy atom. The van der Waals surface area contributed by atoms with Crippen molar-refractivity contribution in [1.29, 1.82) is 0 Å². The van der Waals surface area contributed by atoms with E-state index in [-0.39, 0.29) is 0 Å². The van der Waals surface area contributed by atoms with Gasteiger partial charge in [0.15, 0.2) is 0 Å². The molecule has 0 radical (unpaired) electrons. The Balaban J connectivity index is 2.60. The fraction of sp³-hybridized carbons (Fsp3) is 0.625. The van der Waals surface area contributed by atoms with Gasteiger partial charge in [0.2, 0.25) is 0 Å². The maximum atomic E-state index is 3.26. The maximum Gasteiger partial charge on any atom is -0.0241 e. The first kappa shape index (κ1) is 5.65. The minimum Gasteiger partial charge on any atom is -0.126 e. The standard InChI is InChI=1S/C8H12/c1-2-8-6-4-3-5-7-8/h4H,2-3,5,7H2,1H3. The molecule has 0 aromatic heterocycles. The summed E-state index contributed by atoms with van der Waals surface area (Å²) in [7, 11) is 0. The van der Waals surface area contributed by atoms with E-state index >= 15 is 0 Å². The molecule has 0 aliphatic heterocycles. The largest absolute Gasteiger partial charge is 0.126 e. The van der Waals surface area contributed by atoms with Crippen molar-refractivity contribution in [3.05, 3.63) is 17.4 Å². The molecule has 0 atom stereocenters. The Morgan fingerprint density at radius 3 is 3.00 bits per heavy atom. The molecule has 0 saturated carbocycles. The highest BCUT2D eigenvalue weighted by molar-refractivity contribution is 5.04. The zero-order valence-electron chi connectivity index (χ0n) is 5.41. The van der Waals surface area contributed by atoms with Crippen molar-refractivity contribution in [2.75, 3.05) is 0 Å². The Labute approximate surface area is 50.9 Å². The number of rotatable bonds is 1. The first-order valence-electron chi connectivity index (χ1n) is 3.36. The van der Waals surface area contributed by atoms with Crippen molar-refractivity contribution in [3.63, 3.8) is 0 Å². The predicted molar refractivity (Wildman–Crippen MR) is 35.7 cm³/mol. The smallest absolute Gasteiger partial charge is 0.0241 e. The molecule has 1 rings (SSSR count). The van der Waals surface area contributed by atoms with Gasteiger partial charge in [-0.15, -0.1) is 5.73 Å². The highest BCUT2D eigenvalue weighted by Crippen LogP contribution is 2.13. The quantitative estimate of drug-likeness (QED) is 0.453. The van der Waals surface area contributed by atoms with E-state index in [1.807, 2.05) is 0 Å². The maximum absolute atomic E-state index is 3.26. The third-order valence-electron chi connectivity index (χ3n) is 1.56. The summed E-state index contributed by atoms with van der Waals surface area (Å²) < 4.78 is 0. The van der Waals surface area contributed by atoms with Gasteiger partial charge in [-0.05, 0) is 37.3 Å². The second-order valence-corrected chi connectivity index (χ2v) is 2.20. The molecule has 0 heterocycles. The van der Waals surface area contributed by atoms with Crippen LogP contribution < -0.4 is 0 Å². The van der Waals surface area contributed by atoms with Crippen molar-refractivity contribution < 1.29 is 0 Å². The van der Waals surface area contributed by atoms with E-state index in [2.05, 4.69) is 18.7 Å². The molecule has 1 aliphatic rings. The monoisotopic (exact) mass is 108 g/mol. The molecule has 0 spiro atoms. The van der Waals surface area contributed by atoms with Crippen LogP contribution in [0.3, 0.4) is 0 Å². The van der Waals surface area contributed by atoms with E-state index in [0.717, 1.165) is 0 Å². The summed E-state index contributed by atoms with van der Waals surface area (Å²) in [6, 6.07) is 0. The molecule has 0 N–H and O–H groups in total. The van der Waals surface area contributed by atoms with E-state index in [1.54, 1.807) is 0 Å². The molecular weight excluding hydrogens is 96.1 g/mol. The van der Waals surface area contributed by atoms with E-state index in [9.17, 15) is 0 Å². The average molecular weight is 108 g/mol. The SMILES string of the molecule is CCC1=C=CCCC1. The first-order chi connectivity index (χ1) is 3.93. The first-order valence-corrected chi connectivity index (χ1v) is 3.36. The van der Waals surface area contributed by atoms with Crippen molar-refractivity contribution in [1.82, 2.24) is 0 Å². The van der Waals surface area contributed by atoms with E-state index in [4.69, 9.17) is 0 Å². The van der Waals surface area contributed by atoms with Gasteiger partial charge >= 0.3 is 0 Å². The van der Waals surface area contributed by atoms with Crippen molar-refractivity contribution in [3.8, 4) is 0 Å². The van der Waals surface area contributed by atoms with Crippen molar-refractivity contribution >= 4 is 0 Å². The molecule has 0 saturated heterocycles. The summed E-state index contributed by atoms with van der Waals surface area (Å²) in [6.07, 6.45) is 7.21. The topological polar surface area (TPSA) is 0 Å². The van der Waals surface area contributed by atoms with Gasteiger partial charge in [-0.3, -0.25) is 0 Å². The lowest BCUT2D eigenvalue weighted by molar-refractivity contribution is 0.786. The third-order valence-corrected chi connectivity index (χ3v) is 1.56. The molecule has 0 unspecified atom stereocenters. The third kappa shape index (κ3) is 1.24. The van der Waals surface area contributed by atoms with Crippen LogP contribution in [0.5, 0.6) is 0 Å². The summed E-state index contributed by atoms with van der Waals surface area (Å²) in [5, 5.41) is 0. The summed E-state index contributed by atoms with van der Waals surface area (Å²) in [4.78, 5) is 0. The van der Waals surface area contributed by atoms with Gasteiger partial charge in [-0.2, -0.15) is 0 Å². The predicted octanol–water partition coefficient (Wildman–Crippen LogP) is 2.66. The molecule has 8 heavy (non-hydrogen) atoms. The van der Waals surface area contributed by atoms with E-state index in [0.29, 0.717) is 0 Å². The lowest BCUT2D eigenvalue weighted by atomic mass is 10.0. The van der Waals surface area contributed by atoms with Crippen LogP contribution in [0.1, 0.15) is 32.6 Å². The fourth-order valence-electron chi connectivity index (χ4n) is 0.985. The highest BCUT2D eigenvalue weighted by Gasteiger charge is 1.94. The van der Waals surface area contributed by atoms with Crippen LogP contribution >= 0.6 is 0 Å². The van der Waals surface area contributed by atoms with Crippen LogP contribution in [0.25, 0.3) is 0 Å². The number of allylic oxidation sites excluding steroid dienone is 1. The minimum atomic E-state index is 1.19. The van der Waals surface area contributed by atoms with Gasteiger partial charge in [-0.1, -0.05) is 6.92 Å². The summed E-state index contributed by atoms with van der Waals surface area (Å²) in [5.41, 5.74) is 4.76. The van der Waals surface area contributed by atoms with Gasteiger partial charge in [0.25, 0.3) is 0 Å². The van der Waals surface area contributed by atoms with Crippen LogP contribution in [0, 0.1) is 0 Å². The van der Waals surface area contributed by atoms with E-state index < -0.39 is 0 Å². The molecule has 0 fully saturated rings. The zero-order chi connectivity index (χ0) is 5.82. The lowest BCUT2D eigenvalue weighted by Gasteiger charge is -2.02. The van der Waals surface area contributed by atoms with Crippen molar-refractivity contribution in [2.24, 2.45) is 0 Å². The fourth-order valence-corrected chi connectivity index (χ4v) is 0.985. The van der Waals surface area contributed by atoms with Gasteiger partial charge in [0.1, 0.15) is 0 Å². The van der Waals surface area contributed by atoms with Crippen molar-refractivity contribution in [2.45, 2.75) is 32.6 Å². The second-order valence-electron chi connectivity index (χ2n) is 2.20. The highest BCUT2D eigenvalue weighted by atomic mass is 14.0. The molecule has 0 aromatic carbocycles.